The number of carbonyl (C=O) groups excluding carboxylic acids is 2. The number of aryl methyl sites for hydroxylation is 1. The van der Waals surface area contributed by atoms with E-state index in [4.69, 9.17) is 0 Å². The van der Waals surface area contributed by atoms with Crippen molar-refractivity contribution in [2.45, 2.75) is 16.7 Å². The highest BCUT2D eigenvalue weighted by Crippen LogP contribution is 2.17. The van der Waals surface area contributed by atoms with E-state index in [1.54, 1.807) is 36.0 Å². The lowest BCUT2D eigenvalue weighted by atomic mass is 10.2. The topological polar surface area (TPSA) is 104 Å². The Labute approximate surface area is 163 Å². The van der Waals surface area contributed by atoms with Crippen LogP contribution in [0.25, 0.3) is 0 Å². The average Bonchev–Trinajstić information content (AvgIpc) is 2.66. The number of hydrogen-bond donors (Lipinski definition) is 3. The lowest BCUT2D eigenvalue weighted by Crippen LogP contribution is -2.40. The normalized spacial score (nSPS) is 11.0. The van der Waals surface area contributed by atoms with Gasteiger partial charge < -0.3 is 10.6 Å². The van der Waals surface area contributed by atoms with Gasteiger partial charge in [0.05, 0.1) is 18.0 Å². The minimum Gasteiger partial charge on any atom is -0.346 e. The largest absolute Gasteiger partial charge is 0.346 e. The van der Waals surface area contributed by atoms with E-state index in [1.807, 2.05) is 25.3 Å². The Morgan fingerprint density at radius 1 is 0.926 bits per heavy atom. The van der Waals surface area contributed by atoms with Gasteiger partial charge in [-0.1, -0.05) is 17.7 Å². The summed E-state index contributed by atoms with van der Waals surface area (Å²) >= 11 is 1.59. The predicted molar refractivity (Wildman–Crippen MR) is 106 cm³/mol. The van der Waals surface area contributed by atoms with Crippen LogP contribution in [0.3, 0.4) is 0 Å². The van der Waals surface area contributed by atoms with E-state index in [0.29, 0.717) is 5.69 Å². The van der Waals surface area contributed by atoms with Gasteiger partial charge in [0.25, 0.3) is 0 Å². The van der Waals surface area contributed by atoms with Crippen molar-refractivity contribution < 1.29 is 18.0 Å². The van der Waals surface area contributed by atoms with Crippen molar-refractivity contribution in [3.63, 3.8) is 0 Å². The Morgan fingerprint density at radius 2 is 1.56 bits per heavy atom. The van der Waals surface area contributed by atoms with Crippen molar-refractivity contribution in [3.05, 3.63) is 54.1 Å². The van der Waals surface area contributed by atoms with Gasteiger partial charge in [-0.25, -0.2) is 13.1 Å². The van der Waals surface area contributed by atoms with E-state index < -0.39 is 28.4 Å². The number of thioether (sulfide) groups is 1. The summed E-state index contributed by atoms with van der Waals surface area (Å²) in [5.74, 6) is -1.000. The highest BCUT2D eigenvalue weighted by atomic mass is 32.2. The maximum Gasteiger partial charge on any atom is 0.243 e. The highest BCUT2D eigenvalue weighted by molar-refractivity contribution is 7.98. The molecule has 0 saturated heterocycles. The molecule has 0 heterocycles. The molecule has 2 amide bonds. The maximum atomic E-state index is 12.1. The molecule has 27 heavy (non-hydrogen) atoms. The molecule has 0 aliphatic carbocycles. The SMILES string of the molecule is CSc1ccc(NC(=O)CNC(=O)CNS(=O)(=O)c2ccc(C)cc2)cc1. The highest BCUT2D eigenvalue weighted by Gasteiger charge is 2.15. The van der Waals surface area contributed by atoms with Crippen LogP contribution in [0.1, 0.15) is 5.56 Å². The van der Waals surface area contributed by atoms with Crippen LogP contribution in [0.4, 0.5) is 5.69 Å². The molecule has 0 aromatic heterocycles. The van der Waals surface area contributed by atoms with E-state index in [-0.39, 0.29) is 11.4 Å². The second-order valence-corrected chi connectivity index (χ2v) is 8.34. The molecule has 144 valence electrons. The number of nitrogens with one attached hydrogen (secondary N) is 3. The van der Waals surface area contributed by atoms with Gasteiger partial charge in [-0.3, -0.25) is 9.59 Å². The Bertz CT molecular complexity index is 895. The fraction of sp³-hybridized carbons (Fsp3) is 0.222. The Hall–Kier alpha value is -2.36. The smallest absolute Gasteiger partial charge is 0.243 e. The number of hydrogen-bond acceptors (Lipinski definition) is 5. The molecule has 2 aromatic carbocycles. The second kappa shape index (κ2) is 9.54. The zero-order valence-electron chi connectivity index (χ0n) is 15.0. The van der Waals surface area contributed by atoms with Crippen LogP contribution < -0.4 is 15.4 Å². The van der Waals surface area contributed by atoms with Gasteiger partial charge in [-0.05, 0) is 49.6 Å². The summed E-state index contributed by atoms with van der Waals surface area (Å²) in [7, 11) is -3.78. The number of amides is 2. The van der Waals surface area contributed by atoms with E-state index in [9.17, 15) is 18.0 Å². The first-order valence-electron chi connectivity index (χ1n) is 8.07. The molecule has 2 rings (SSSR count). The van der Waals surface area contributed by atoms with Gasteiger partial charge >= 0.3 is 0 Å². The molecule has 7 nitrogen and oxygen atoms in total. The van der Waals surface area contributed by atoms with Crippen LogP contribution in [-0.2, 0) is 19.6 Å². The third-order valence-corrected chi connectivity index (χ3v) is 5.73. The standard InChI is InChI=1S/C18H21N3O4S2/c1-13-3-9-16(10-4-13)27(24,25)20-12-17(22)19-11-18(23)21-14-5-7-15(26-2)8-6-14/h3-10,20H,11-12H2,1-2H3,(H,19,22)(H,21,23). The molecule has 9 heteroatoms. The van der Waals surface area contributed by atoms with Crippen molar-refractivity contribution in [2.75, 3.05) is 24.7 Å². The minimum atomic E-state index is -3.78. The van der Waals surface area contributed by atoms with Gasteiger partial charge in [0.1, 0.15) is 0 Å². The third kappa shape index (κ3) is 6.70. The molecule has 0 fully saturated rings. The first-order valence-corrected chi connectivity index (χ1v) is 10.8. The molecule has 0 aliphatic rings. The van der Waals surface area contributed by atoms with Crippen LogP contribution in [-0.4, -0.2) is 39.6 Å². The summed E-state index contributed by atoms with van der Waals surface area (Å²) in [6, 6.07) is 13.5. The molecular formula is C18H21N3O4S2. The third-order valence-electron chi connectivity index (χ3n) is 3.57. The van der Waals surface area contributed by atoms with Gasteiger partial charge in [-0.15, -0.1) is 11.8 Å². The lowest BCUT2D eigenvalue weighted by Gasteiger charge is -2.09. The van der Waals surface area contributed by atoms with Gasteiger partial charge in [0, 0.05) is 10.6 Å². The zero-order chi connectivity index (χ0) is 19.9. The first kappa shape index (κ1) is 20.9. The van der Waals surface area contributed by atoms with Crippen molar-refractivity contribution >= 4 is 39.3 Å². The number of rotatable bonds is 8. The first-order chi connectivity index (χ1) is 12.8. The number of carbonyl (C=O) groups is 2. The van der Waals surface area contributed by atoms with Gasteiger partial charge in [-0.2, -0.15) is 0 Å². The van der Waals surface area contributed by atoms with Crippen LogP contribution in [0.2, 0.25) is 0 Å². The van der Waals surface area contributed by atoms with Crippen molar-refractivity contribution in [1.29, 1.82) is 0 Å². The van der Waals surface area contributed by atoms with Gasteiger partial charge in [0.15, 0.2) is 0 Å². The van der Waals surface area contributed by atoms with Crippen LogP contribution in [0, 0.1) is 6.92 Å². The van der Waals surface area contributed by atoms with Crippen molar-refractivity contribution in [1.82, 2.24) is 10.0 Å². The lowest BCUT2D eigenvalue weighted by molar-refractivity contribution is -0.123. The summed E-state index contributed by atoms with van der Waals surface area (Å²) in [5.41, 5.74) is 1.55. The van der Waals surface area contributed by atoms with Crippen molar-refractivity contribution in [3.8, 4) is 0 Å². The quantitative estimate of drug-likeness (QED) is 0.579. The summed E-state index contributed by atoms with van der Waals surface area (Å²) in [6.07, 6.45) is 1.95. The Kier molecular flexibility index (Phi) is 7.40. The molecular weight excluding hydrogens is 386 g/mol. The Balaban J connectivity index is 1.78. The number of anilines is 1. The predicted octanol–water partition coefficient (Wildman–Crippen LogP) is 1.75. The fourth-order valence-electron chi connectivity index (χ4n) is 2.08. The molecule has 0 atom stereocenters. The fourth-order valence-corrected chi connectivity index (χ4v) is 3.47. The molecule has 0 unspecified atom stereocenters. The van der Waals surface area contributed by atoms with Crippen LogP contribution in [0.15, 0.2) is 58.3 Å². The number of sulfonamides is 1. The summed E-state index contributed by atoms with van der Waals surface area (Å²) < 4.78 is 26.4. The molecule has 0 radical (unpaired) electrons. The van der Waals surface area contributed by atoms with E-state index in [1.165, 1.54) is 12.1 Å². The molecule has 3 N–H and O–H groups in total. The van der Waals surface area contributed by atoms with Crippen molar-refractivity contribution in [2.24, 2.45) is 0 Å². The maximum absolute atomic E-state index is 12.1. The number of benzene rings is 2. The molecule has 0 bridgehead atoms. The van der Waals surface area contributed by atoms with Crippen LogP contribution >= 0.6 is 11.8 Å². The monoisotopic (exact) mass is 407 g/mol. The second-order valence-electron chi connectivity index (χ2n) is 5.69. The summed E-state index contributed by atoms with van der Waals surface area (Å²) in [6.45, 7) is 1.14. The van der Waals surface area contributed by atoms with E-state index in [2.05, 4.69) is 15.4 Å². The summed E-state index contributed by atoms with van der Waals surface area (Å²) in [4.78, 5) is 24.8. The molecule has 0 saturated carbocycles. The van der Waals surface area contributed by atoms with Gasteiger partial charge in [0.2, 0.25) is 21.8 Å². The zero-order valence-corrected chi connectivity index (χ0v) is 16.6. The average molecular weight is 408 g/mol. The Morgan fingerprint density at radius 3 is 2.15 bits per heavy atom. The van der Waals surface area contributed by atoms with E-state index in [0.717, 1.165) is 10.5 Å². The molecule has 0 aliphatic heterocycles. The van der Waals surface area contributed by atoms with Crippen LogP contribution in [0.5, 0.6) is 0 Å². The molecule has 2 aromatic rings. The minimum absolute atomic E-state index is 0.0762. The molecule has 0 spiro atoms. The summed E-state index contributed by atoms with van der Waals surface area (Å²) in [5, 5.41) is 5.03. The van der Waals surface area contributed by atoms with E-state index >= 15 is 0 Å².